The third kappa shape index (κ3) is 2.67. The molecule has 1 heterocycles. The summed E-state index contributed by atoms with van der Waals surface area (Å²) in [5, 5.41) is 9.24. The monoisotopic (exact) mass is 186 g/mol. The van der Waals surface area contributed by atoms with Crippen LogP contribution in [-0.4, -0.2) is 41.7 Å². The molecule has 0 radical (unpaired) electrons. The van der Waals surface area contributed by atoms with Crippen molar-refractivity contribution in [3.05, 3.63) is 0 Å². The van der Waals surface area contributed by atoms with Crippen LogP contribution in [0.2, 0.25) is 0 Å². The molecule has 1 aliphatic rings. The van der Waals surface area contributed by atoms with E-state index in [2.05, 4.69) is 0 Å². The summed E-state index contributed by atoms with van der Waals surface area (Å²) < 4.78 is 0. The highest BCUT2D eigenvalue weighted by Gasteiger charge is 2.27. The van der Waals surface area contributed by atoms with Crippen molar-refractivity contribution in [1.82, 2.24) is 4.90 Å². The summed E-state index contributed by atoms with van der Waals surface area (Å²) in [7, 11) is 0. The molecule has 0 saturated carbocycles. The normalized spacial score (nSPS) is 24.8. The van der Waals surface area contributed by atoms with Gasteiger partial charge in [0.15, 0.2) is 0 Å². The smallest absolute Gasteiger partial charge is 0.225 e. The van der Waals surface area contributed by atoms with Crippen LogP contribution in [-0.2, 0) is 4.79 Å². The molecule has 0 aromatic heterocycles. The van der Waals surface area contributed by atoms with Crippen molar-refractivity contribution in [2.45, 2.75) is 25.9 Å². The number of aliphatic hydroxyl groups excluding tert-OH is 1. The third-order valence-electron chi connectivity index (χ3n) is 2.50. The number of aliphatic hydroxyl groups is 1. The number of nitrogens with zero attached hydrogens (tertiary/aromatic N) is 1. The predicted octanol–water partition coefficient (Wildman–Crippen LogP) is -0.435. The number of amides is 1. The van der Waals surface area contributed by atoms with E-state index in [-0.39, 0.29) is 17.9 Å². The molecule has 4 nitrogen and oxygen atoms in total. The zero-order valence-electron chi connectivity index (χ0n) is 8.07. The summed E-state index contributed by atoms with van der Waals surface area (Å²) in [4.78, 5) is 13.4. The largest absolute Gasteiger partial charge is 0.391 e. The van der Waals surface area contributed by atoms with Gasteiger partial charge in [-0.1, -0.05) is 6.92 Å². The SMILES string of the molecule is CC(CCN)C(=O)N1CCC(O)C1. The fraction of sp³-hybridized carbons (Fsp3) is 0.889. The van der Waals surface area contributed by atoms with Crippen LogP contribution in [0.3, 0.4) is 0 Å². The minimum atomic E-state index is -0.325. The van der Waals surface area contributed by atoms with Crippen LogP contribution in [0.4, 0.5) is 0 Å². The first kappa shape index (κ1) is 10.5. The quantitative estimate of drug-likeness (QED) is 0.628. The highest BCUT2D eigenvalue weighted by molar-refractivity contribution is 5.78. The molecule has 1 rings (SSSR count). The number of nitrogens with two attached hydrogens (primary N) is 1. The lowest BCUT2D eigenvalue weighted by Gasteiger charge is -2.19. The highest BCUT2D eigenvalue weighted by atomic mass is 16.3. The first-order valence-electron chi connectivity index (χ1n) is 4.82. The molecular weight excluding hydrogens is 168 g/mol. The molecule has 1 aliphatic heterocycles. The van der Waals surface area contributed by atoms with Crippen molar-refractivity contribution >= 4 is 5.91 Å². The average Bonchev–Trinajstić information content (AvgIpc) is 2.51. The Labute approximate surface area is 78.7 Å². The molecule has 1 amide bonds. The Morgan fingerprint density at radius 1 is 1.77 bits per heavy atom. The zero-order valence-corrected chi connectivity index (χ0v) is 8.07. The Kier molecular flexibility index (Phi) is 3.69. The number of carbonyl (C=O) groups excluding carboxylic acids is 1. The van der Waals surface area contributed by atoms with Crippen molar-refractivity contribution in [3.8, 4) is 0 Å². The molecule has 13 heavy (non-hydrogen) atoms. The lowest BCUT2D eigenvalue weighted by Crippen LogP contribution is -2.34. The second-order valence-corrected chi connectivity index (χ2v) is 3.71. The fourth-order valence-corrected chi connectivity index (χ4v) is 1.63. The van der Waals surface area contributed by atoms with Gasteiger partial charge in [0.25, 0.3) is 0 Å². The summed E-state index contributed by atoms with van der Waals surface area (Å²) in [6, 6.07) is 0. The van der Waals surface area contributed by atoms with Gasteiger partial charge in [0.2, 0.25) is 5.91 Å². The van der Waals surface area contributed by atoms with E-state index < -0.39 is 0 Å². The topological polar surface area (TPSA) is 66.6 Å². The van der Waals surface area contributed by atoms with Crippen LogP contribution in [0.15, 0.2) is 0 Å². The van der Waals surface area contributed by atoms with E-state index >= 15 is 0 Å². The van der Waals surface area contributed by atoms with Gasteiger partial charge in [0.1, 0.15) is 0 Å². The van der Waals surface area contributed by atoms with Gasteiger partial charge in [-0.25, -0.2) is 0 Å². The van der Waals surface area contributed by atoms with E-state index in [1.807, 2.05) is 6.92 Å². The molecule has 1 saturated heterocycles. The zero-order chi connectivity index (χ0) is 9.84. The van der Waals surface area contributed by atoms with Gasteiger partial charge in [0, 0.05) is 19.0 Å². The van der Waals surface area contributed by atoms with Crippen molar-refractivity contribution in [1.29, 1.82) is 0 Å². The Bertz CT molecular complexity index is 184. The molecule has 1 fully saturated rings. The summed E-state index contributed by atoms with van der Waals surface area (Å²) in [5.74, 6) is 0.122. The van der Waals surface area contributed by atoms with Gasteiger partial charge in [-0.2, -0.15) is 0 Å². The van der Waals surface area contributed by atoms with Crippen LogP contribution in [0.1, 0.15) is 19.8 Å². The Morgan fingerprint density at radius 3 is 2.92 bits per heavy atom. The minimum absolute atomic E-state index is 0.00435. The summed E-state index contributed by atoms with van der Waals surface area (Å²) >= 11 is 0. The highest BCUT2D eigenvalue weighted by Crippen LogP contribution is 2.13. The number of rotatable bonds is 3. The lowest BCUT2D eigenvalue weighted by atomic mass is 10.1. The van der Waals surface area contributed by atoms with Crippen LogP contribution >= 0.6 is 0 Å². The molecule has 4 heteroatoms. The van der Waals surface area contributed by atoms with E-state index in [1.165, 1.54) is 0 Å². The van der Waals surface area contributed by atoms with Crippen molar-refractivity contribution in [3.63, 3.8) is 0 Å². The van der Waals surface area contributed by atoms with Gasteiger partial charge in [-0.3, -0.25) is 4.79 Å². The molecule has 0 spiro atoms. The second kappa shape index (κ2) is 4.58. The van der Waals surface area contributed by atoms with E-state index in [4.69, 9.17) is 5.73 Å². The van der Waals surface area contributed by atoms with Crippen molar-refractivity contribution in [2.75, 3.05) is 19.6 Å². The predicted molar refractivity (Wildman–Crippen MR) is 50.0 cm³/mol. The lowest BCUT2D eigenvalue weighted by molar-refractivity contribution is -0.134. The number of hydrogen-bond acceptors (Lipinski definition) is 3. The third-order valence-corrected chi connectivity index (χ3v) is 2.50. The summed E-state index contributed by atoms with van der Waals surface area (Å²) in [6.45, 7) is 3.62. The molecule has 0 aliphatic carbocycles. The number of likely N-dealkylation sites (tertiary alicyclic amines) is 1. The molecule has 2 unspecified atom stereocenters. The maximum absolute atomic E-state index is 11.6. The summed E-state index contributed by atoms with van der Waals surface area (Å²) in [6.07, 6.45) is 1.11. The van der Waals surface area contributed by atoms with Crippen LogP contribution in [0, 0.1) is 5.92 Å². The molecule has 3 N–H and O–H groups in total. The summed E-state index contributed by atoms with van der Waals surface area (Å²) in [5.41, 5.74) is 5.37. The first-order valence-corrected chi connectivity index (χ1v) is 4.82. The molecule has 0 bridgehead atoms. The Balaban J connectivity index is 2.38. The fourth-order valence-electron chi connectivity index (χ4n) is 1.63. The molecular formula is C9H18N2O2. The number of hydrogen-bond donors (Lipinski definition) is 2. The molecule has 0 aromatic carbocycles. The van der Waals surface area contributed by atoms with Gasteiger partial charge in [-0.15, -0.1) is 0 Å². The van der Waals surface area contributed by atoms with Crippen LogP contribution in [0.25, 0.3) is 0 Å². The van der Waals surface area contributed by atoms with Crippen molar-refractivity contribution < 1.29 is 9.90 Å². The number of β-amino-alcohol motifs (C(OH)–C–C–N with tert-alkyl or cyclic N) is 1. The Morgan fingerprint density at radius 2 is 2.46 bits per heavy atom. The van der Waals surface area contributed by atoms with Crippen molar-refractivity contribution in [2.24, 2.45) is 11.7 Å². The van der Waals surface area contributed by atoms with Gasteiger partial charge >= 0.3 is 0 Å². The van der Waals surface area contributed by atoms with E-state index in [1.54, 1.807) is 4.90 Å². The van der Waals surface area contributed by atoms with E-state index in [0.29, 0.717) is 26.1 Å². The number of carbonyl (C=O) groups is 1. The van der Waals surface area contributed by atoms with Gasteiger partial charge in [-0.05, 0) is 19.4 Å². The second-order valence-electron chi connectivity index (χ2n) is 3.71. The van der Waals surface area contributed by atoms with Crippen LogP contribution < -0.4 is 5.73 Å². The maximum atomic E-state index is 11.6. The molecule has 2 atom stereocenters. The van der Waals surface area contributed by atoms with Crippen LogP contribution in [0.5, 0.6) is 0 Å². The molecule has 0 aromatic rings. The van der Waals surface area contributed by atoms with Gasteiger partial charge in [0.05, 0.1) is 6.10 Å². The Hall–Kier alpha value is -0.610. The minimum Gasteiger partial charge on any atom is -0.391 e. The maximum Gasteiger partial charge on any atom is 0.225 e. The first-order chi connectivity index (χ1) is 6.15. The molecule has 76 valence electrons. The van der Waals surface area contributed by atoms with E-state index in [0.717, 1.165) is 6.42 Å². The van der Waals surface area contributed by atoms with E-state index in [9.17, 15) is 9.90 Å². The van der Waals surface area contributed by atoms with Gasteiger partial charge < -0.3 is 15.7 Å². The average molecular weight is 186 g/mol. The standard InChI is InChI=1S/C9H18N2O2/c1-7(2-4-10)9(13)11-5-3-8(12)6-11/h7-8,12H,2-6,10H2,1H3.